The summed E-state index contributed by atoms with van der Waals surface area (Å²) in [6, 6.07) is 2.23. The number of carbonyl (C=O) groups excluding carboxylic acids is 1. The highest BCUT2D eigenvalue weighted by atomic mass is 16.2. The molecule has 2 rings (SSSR count). The molecule has 1 aromatic rings. The Morgan fingerprint density at radius 1 is 1.21 bits per heavy atom. The van der Waals surface area contributed by atoms with Gasteiger partial charge in [-0.3, -0.25) is 4.79 Å². The van der Waals surface area contributed by atoms with Crippen LogP contribution >= 0.6 is 0 Å². The summed E-state index contributed by atoms with van der Waals surface area (Å²) in [5.74, 6) is 0.00665. The molecular formula is C16H24N2O. The second-order valence-electron chi connectivity index (χ2n) is 5.90. The van der Waals surface area contributed by atoms with E-state index in [1.165, 1.54) is 27.8 Å². The van der Waals surface area contributed by atoms with Crippen LogP contribution in [0.3, 0.4) is 0 Å². The van der Waals surface area contributed by atoms with Crippen molar-refractivity contribution in [3.8, 4) is 0 Å². The van der Waals surface area contributed by atoms with E-state index >= 15 is 0 Å². The maximum atomic E-state index is 11.8. The lowest BCUT2D eigenvalue weighted by Crippen LogP contribution is -2.43. The van der Waals surface area contributed by atoms with Crippen molar-refractivity contribution >= 4 is 5.91 Å². The number of hydrogen-bond donors (Lipinski definition) is 2. The first kappa shape index (κ1) is 14.1. The quantitative estimate of drug-likeness (QED) is 0.870. The van der Waals surface area contributed by atoms with E-state index in [0.717, 1.165) is 19.3 Å². The van der Waals surface area contributed by atoms with Gasteiger partial charge in [0.2, 0.25) is 5.91 Å². The second-order valence-corrected chi connectivity index (χ2v) is 5.90. The van der Waals surface area contributed by atoms with Gasteiger partial charge in [0.1, 0.15) is 0 Å². The highest BCUT2D eigenvalue weighted by Gasteiger charge is 2.45. The van der Waals surface area contributed by atoms with Gasteiger partial charge >= 0.3 is 0 Å². The highest BCUT2D eigenvalue weighted by molar-refractivity contribution is 5.88. The average molecular weight is 260 g/mol. The van der Waals surface area contributed by atoms with Gasteiger partial charge in [-0.1, -0.05) is 6.07 Å². The molecule has 1 aliphatic carbocycles. The smallest absolute Gasteiger partial charge is 0.240 e. The van der Waals surface area contributed by atoms with E-state index in [0.29, 0.717) is 6.54 Å². The first-order chi connectivity index (χ1) is 8.85. The summed E-state index contributed by atoms with van der Waals surface area (Å²) in [5, 5.41) is 2.96. The number of nitrogens with one attached hydrogen (secondary N) is 1. The van der Waals surface area contributed by atoms with Crippen molar-refractivity contribution in [3.05, 3.63) is 33.9 Å². The molecule has 0 spiro atoms. The van der Waals surface area contributed by atoms with Gasteiger partial charge in [0.15, 0.2) is 0 Å². The first-order valence-corrected chi connectivity index (χ1v) is 6.98. The Labute approximate surface area is 115 Å². The zero-order valence-electron chi connectivity index (χ0n) is 12.4. The number of rotatable bonds is 4. The molecule has 0 bridgehead atoms. The van der Waals surface area contributed by atoms with Crippen molar-refractivity contribution in [3.63, 3.8) is 0 Å². The van der Waals surface area contributed by atoms with Crippen molar-refractivity contribution in [2.24, 2.45) is 5.73 Å². The molecule has 1 fully saturated rings. The van der Waals surface area contributed by atoms with Crippen molar-refractivity contribution in [1.82, 2.24) is 5.32 Å². The average Bonchev–Trinajstić information content (AvgIpc) is 3.10. The van der Waals surface area contributed by atoms with E-state index in [9.17, 15) is 4.79 Å². The standard InChI is InChI=1S/C16H24N2O/c1-10-9-11(2)13(4)14(12(10)3)5-8-18-15(19)16(17)6-7-16/h9H,5-8,17H2,1-4H3,(H,18,19). The Hall–Kier alpha value is -1.35. The molecule has 0 atom stereocenters. The predicted octanol–water partition coefficient (Wildman–Crippen LogP) is 2.07. The number of hydrogen-bond acceptors (Lipinski definition) is 2. The SMILES string of the molecule is Cc1cc(C)c(C)c(CCNC(=O)C2(N)CC2)c1C. The number of benzene rings is 1. The maximum absolute atomic E-state index is 11.8. The van der Waals surface area contributed by atoms with Gasteiger partial charge in [-0.2, -0.15) is 0 Å². The number of aryl methyl sites for hydroxylation is 2. The Morgan fingerprint density at radius 2 is 1.74 bits per heavy atom. The summed E-state index contributed by atoms with van der Waals surface area (Å²) in [5.41, 5.74) is 12.0. The number of nitrogens with two attached hydrogens (primary N) is 1. The fourth-order valence-corrected chi connectivity index (χ4v) is 2.51. The van der Waals surface area contributed by atoms with Crippen molar-refractivity contribution in [2.45, 2.75) is 52.5 Å². The van der Waals surface area contributed by atoms with E-state index in [-0.39, 0.29) is 5.91 Å². The van der Waals surface area contributed by atoms with Crippen molar-refractivity contribution < 1.29 is 4.79 Å². The summed E-state index contributed by atoms with van der Waals surface area (Å²) in [4.78, 5) is 11.8. The number of amides is 1. The lowest BCUT2D eigenvalue weighted by molar-refractivity contribution is -0.123. The van der Waals surface area contributed by atoms with Crippen LogP contribution in [0.1, 0.15) is 40.7 Å². The summed E-state index contributed by atoms with van der Waals surface area (Å²) in [7, 11) is 0. The van der Waals surface area contributed by atoms with E-state index in [1.807, 2.05) is 0 Å². The van der Waals surface area contributed by atoms with Gasteiger partial charge < -0.3 is 11.1 Å². The van der Waals surface area contributed by atoms with Crippen LogP contribution in [-0.4, -0.2) is 18.0 Å². The molecule has 0 unspecified atom stereocenters. The molecule has 0 aliphatic heterocycles. The lowest BCUT2D eigenvalue weighted by atomic mass is 9.92. The topological polar surface area (TPSA) is 55.1 Å². The minimum Gasteiger partial charge on any atom is -0.354 e. The minimum absolute atomic E-state index is 0.00665. The molecule has 3 heteroatoms. The fourth-order valence-electron chi connectivity index (χ4n) is 2.51. The van der Waals surface area contributed by atoms with Crippen LogP contribution in [0.2, 0.25) is 0 Å². The molecular weight excluding hydrogens is 236 g/mol. The summed E-state index contributed by atoms with van der Waals surface area (Å²) >= 11 is 0. The molecule has 1 aliphatic rings. The van der Waals surface area contributed by atoms with E-state index in [4.69, 9.17) is 5.73 Å². The monoisotopic (exact) mass is 260 g/mol. The summed E-state index contributed by atoms with van der Waals surface area (Å²) in [6.07, 6.45) is 2.52. The van der Waals surface area contributed by atoms with Gasteiger partial charge in [0.05, 0.1) is 5.54 Å². The molecule has 1 aromatic carbocycles. The van der Waals surface area contributed by atoms with Crippen LogP contribution in [0.4, 0.5) is 0 Å². The van der Waals surface area contributed by atoms with E-state index in [1.54, 1.807) is 0 Å². The minimum atomic E-state index is -0.563. The first-order valence-electron chi connectivity index (χ1n) is 6.98. The molecule has 0 radical (unpaired) electrons. The van der Waals surface area contributed by atoms with E-state index in [2.05, 4.69) is 39.1 Å². The molecule has 0 saturated heterocycles. The zero-order valence-corrected chi connectivity index (χ0v) is 12.4. The van der Waals surface area contributed by atoms with Gasteiger partial charge in [0, 0.05) is 6.54 Å². The molecule has 3 N–H and O–H groups in total. The summed E-state index contributed by atoms with van der Waals surface area (Å²) < 4.78 is 0. The zero-order chi connectivity index (χ0) is 14.2. The van der Waals surface area contributed by atoms with Crippen LogP contribution in [0.15, 0.2) is 6.07 Å². The molecule has 0 aromatic heterocycles. The van der Waals surface area contributed by atoms with E-state index < -0.39 is 5.54 Å². The Balaban J connectivity index is 2.01. The fraction of sp³-hybridized carbons (Fsp3) is 0.562. The molecule has 104 valence electrons. The molecule has 19 heavy (non-hydrogen) atoms. The predicted molar refractivity (Wildman–Crippen MR) is 78.3 cm³/mol. The Kier molecular flexibility index (Phi) is 3.68. The largest absolute Gasteiger partial charge is 0.354 e. The van der Waals surface area contributed by atoms with Crippen LogP contribution in [0, 0.1) is 27.7 Å². The van der Waals surface area contributed by atoms with Crippen LogP contribution in [0.25, 0.3) is 0 Å². The van der Waals surface area contributed by atoms with Gasteiger partial charge in [-0.05, 0) is 74.8 Å². The van der Waals surface area contributed by atoms with Crippen LogP contribution < -0.4 is 11.1 Å². The Bertz CT molecular complexity index is 490. The highest BCUT2D eigenvalue weighted by Crippen LogP contribution is 2.32. The third-order valence-electron chi connectivity index (χ3n) is 4.42. The van der Waals surface area contributed by atoms with Gasteiger partial charge in [0.25, 0.3) is 0 Å². The van der Waals surface area contributed by atoms with Crippen molar-refractivity contribution in [1.29, 1.82) is 0 Å². The Morgan fingerprint density at radius 3 is 2.21 bits per heavy atom. The van der Waals surface area contributed by atoms with Crippen LogP contribution in [0.5, 0.6) is 0 Å². The molecule has 1 amide bonds. The third kappa shape index (κ3) is 2.81. The van der Waals surface area contributed by atoms with Crippen molar-refractivity contribution in [2.75, 3.05) is 6.54 Å². The molecule has 1 saturated carbocycles. The van der Waals surface area contributed by atoms with Crippen LogP contribution in [-0.2, 0) is 11.2 Å². The summed E-state index contributed by atoms with van der Waals surface area (Å²) in [6.45, 7) is 9.27. The maximum Gasteiger partial charge on any atom is 0.240 e. The third-order valence-corrected chi connectivity index (χ3v) is 4.42. The van der Waals surface area contributed by atoms with Gasteiger partial charge in [-0.15, -0.1) is 0 Å². The second kappa shape index (κ2) is 4.97. The lowest BCUT2D eigenvalue weighted by Gasteiger charge is -2.16. The molecule has 0 heterocycles. The molecule has 3 nitrogen and oxygen atoms in total. The number of carbonyl (C=O) groups is 1. The van der Waals surface area contributed by atoms with Gasteiger partial charge in [-0.25, -0.2) is 0 Å². The normalized spacial score (nSPS) is 16.3.